The van der Waals surface area contributed by atoms with E-state index in [-0.39, 0.29) is 0 Å². The molecule has 0 atom stereocenters. The van der Waals surface area contributed by atoms with Gasteiger partial charge in [0.1, 0.15) is 6.07 Å². The Morgan fingerprint density at radius 1 is 1.50 bits per heavy atom. The molecule has 1 aromatic carbocycles. The molecule has 0 aliphatic heterocycles. The zero-order valence-corrected chi connectivity index (χ0v) is 9.93. The summed E-state index contributed by atoms with van der Waals surface area (Å²) < 4.78 is 0.841. The third kappa shape index (κ3) is 2.74. The maximum atomic E-state index is 8.94. The lowest BCUT2D eigenvalue weighted by Gasteiger charge is -2.10. The van der Waals surface area contributed by atoms with E-state index in [0.717, 1.165) is 16.7 Å². The van der Waals surface area contributed by atoms with E-state index in [1.165, 1.54) is 0 Å². The Hall–Kier alpha value is -1.01. The topological polar surface area (TPSA) is 35.8 Å². The SMILES string of the molecule is CC(C)CNc1cccc(Br)c1C#N. The number of hydrogen-bond acceptors (Lipinski definition) is 2. The second kappa shape index (κ2) is 5.02. The summed E-state index contributed by atoms with van der Waals surface area (Å²) in [4.78, 5) is 0. The maximum absolute atomic E-state index is 8.94. The minimum atomic E-state index is 0.570. The van der Waals surface area contributed by atoms with E-state index in [9.17, 15) is 0 Å². The minimum Gasteiger partial charge on any atom is -0.384 e. The third-order valence-electron chi connectivity index (χ3n) is 1.83. The van der Waals surface area contributed by atoms with Crippen LogP contribution in [0.1, 0.15) is 19.4 Å². The van der Waals surface area contributed by atoms with E-state index in [4.69, 9.17) is 5.26 Å². The van der Waals surface area contributed by atoms with Gasteiger partial charge in [0.25, 0.3) is 0 Å². The van der Waals surface area contributed by atoms with E-state index >= 15 is 0 Å². The highest BCUT2D eigenvalue weighted by molar-refractivity contribution is 9.10. The molecule has 0 aliphatic carbocycles. The quantitative estimate of drug-likeness (QED) is 0.896. The van der Waals surface area contributed by atoms with E-state index in [2.05, 4.69) is 41.2 Å². The predicted molar refractivity (Wildman–Crippen MR) is 62.2 cm³/mol. The molecule has 2 nitrogen and oxygen atoms in total. The first-order valence-corrected chi connectivity index (χ1v) is 5.37. The van der Waals surface area contributed by atoms with Crippen molar-refractivity contribution in [1.82, 2.24) is 0 Å². The summed E-state index contributed by atoms with van der Waals surface area (Å²) in [5, 5.41) is 12.2. The van der Waals surface area contributed by atoms with Crippen LogP contribution in [-0.2, 0) is 0 Å². The summed E-state index contributed by atoms with van der Waals surface area (Å²) >= 11 is 3.35. The predicted octanol–water partition coefficient (Wildman–Crippen LogP) is 3.39. The lowest BCUT2D eigenvalue weighted by molar-refractivity contribution is 0.689. The molecular formula is C11H13BrN2. The van der Waals surface area contributed by atoms with Crippen LogP contribution in [0.3, 0.4) is 0 Å². The highest BCUT2D eigenvalue weighted by Gasteiger charge is 2.05. The van der Waals surface area contributed by atoms with Gasteiger partial charge in [-0.25, -0.2) is 0 Å². The first-order chi connectivity index (χ1) is 6.65. The van der Waals surface area contributed by atoms with Crippen molar-refractivity contribution >= 4 is 21.6 Å². The molecule has 0 radical (unpaired) electrons. The first kappa shape index (κ1) is 11.1. The van der Waals surface area contributed by atoms with Gasteiger partial charge in [-0.05, 0) is 34.0 Å². The molecule has 0 aromatic heterocycles. The third-order valence-corrected chi connectivity index (χ3v) is 2.49. The Morgan fingerprint density at radius 2 is 2.21 bits per heavy atom. The molecule has 1 aromatic rings. The fourth-order valence-corrected chi connectivity index (χ4v) is 1.55. The molecule has 0 fully saturated rings. The van der Waals surface area contributed by atoms with Crippen LogP contribution in [0.2, 0.25) is 0 Å². The Balaban J connectivity index is 2.87. The standard InChI is InChI=1S/C11H13BrN2/c1-8(2)7-14-11-5-3-4-10(12)9(11)6-13/h3-5,8,14H,7H2,1-2H3. The molecule has 0 saturated carbocycles. The monoisotopic (exact) mass is 252 g/mol. The molecule has 74 valence electrons. The van der Waals surface area contributed by atoms with Gasteiger partial charge in [-0.2, -0.15) is 5.26 Å². The van der Waals surface area contributed by atoms with Gasteiger partial charge in [0.05, 0.1) is 11.3 Å². The van der Waals surface area contributed by atoms with Gasteiger partial charge in [-0.1, -0.05) is 19.9 Å². The van der Waals surface area contributed by atoms with E-state index in [0.29, 0.717) is 11.5 Å². The van der Waals surface area contributed by atoms with Gasteiger partial charge >= 0.3 is 0 Å². The fourth-order valence-electron chi connectivity index (χ4n) is 1.10. The van der Waals surface area contributed by atoms with Crippen LogP contribution in [-0.4, -0.2) is 6.54 Å². The molecule has 0 heterocycles. The zero-order chi connectivity index (χ0) is 10.6. The normalized spacial score (nSPS) is 9.93. The van der Waals surface area contributed by atoms with Gasteiger partial charge in [-0.15, -0.1) is 0 Å². The van der Waals surface area contributed by atoms with Crippen LogP contribution in [0.15, 0.2) is 22.7 Å². The Kier molecular flexibility index (Phi) is 3.97. The van der Waals surface area contributed by atoms with Gasteiger partial charge in [0.2, 0.25) is 0 Å². The first-order valence-electron chi connectivity index (χ1n) is 4.57. The smallest absolute Gasteiger partial charge is 0.103 e. The molecule has 0 aliphatic rings. The van der Waals surface area contributed by atoms with E-state index < -0.39 is 0 Å². The fraction of sp³-hybridized carbons (Fsp3) is 0.364. The Bertz CT molecular complexity index is 353. The van der Waals surface area contributed by atoms with Crippen molar-refractivity contribution in [3.8, 4) is 6.07 Å². The van der Waals surface area contributed by atoms with Crippen molar-refractivity contribution in [1.29, 1.82) is 5.26 Å². The average Bonchev–Trinajstić information content (AvgIpc) is 2.14. The highest BCUT2D eigenvalue weighted by atomic mass is 79.9. The number of halogens is 1. The van der Waals surface area contributed by atoms with Crippen LogP contribution in [0.4, 0.5) is 5.69 Å². The molecule has 0 unspecified atom stereocenters. The van der Waals surface area contributed by atoms with Gasteiger partial charge < -0.3 is 5.32 Å². The summed E-state index contributed by atoms with van der Waals surface area (Å²) in [6.45, 7) is 5.15. The molecule has 0 bridgehead atoms. The van der Waals surface area contributed by atoms with Gasteiger partial charge in [-0.3, -0.25) is 0 Å². The molecule has 0 spiro atoms. The average molecular weight is 253 g/mol. The largest absolute Gasteiger partial charge is 0.384 e. The van der Waals surface area contributed by atoms with Crippen LogP contribution in [0, 0.1) is 17.2 Å². The number of rotatable bonds is 3. The van der Waals surface area contributed by atoms with E-state index in [1.807, 2.05) is 18.2 Å². The minimum absolute atomic E-state index is 0.570. The molecule has 1 N–H and O–H groups in total. The molecule has 1 rings (SSSR count). The molecule has 3 heteroatoms. The number of nitrogens with one attached hydrogen (secondary N) is 1. The van der Waals surface area contributed by atoms with Gasteiger partial charge in [0, 0.05) is 11.0 Å². The Labute approximate surface area is 93.1 Å². The molecule has 0 amide bonds. The van der Waals surface area contributed by atoms with Crippen LogP contribution in [0.25, 0.3) is 0 Å². The zero-order valence-electron chi connectivity index (χ0n) is 8.34. The van der Waals surface area contributed by atoms with Crippen molar-refractivity contribution in [2.24, 2.45) is 5.92 Å². The summed E-state index contributed by atoms with van der Waals surface area (Å²) in [5.41, 5.74) is 1.57. The number of benzene rings is 1. The number of hydrogen-bond donors (Lipinski definition) is 1. The highest BCUT2D eigenvalue weighted by Crippen LogP contribution is 2.23. The maximum Gasteiger partial charge on any atom is 0.103 e. The second-order valence-corrected chi connectivity index (χ2v) is 4.40. The van der Waals surface area contributed by atoms with E-state index in [1.54, 1.807) is 0 Å². The van der Waals surface area contributed by atoms with Crippen molar-refractivity contribution in [2.75, 3.05) is 11.9 Å². The van der Waals surface area contributed by atoms with Crippen LogP contribution < -0.4 is 5.32 Å². The number of nitriles is 1. The lowest BCUT2D eigenvalue weighted by Crippen LogP contribution is -2.09. The Morgan fingerprint density at radius 3 is 2.79 bits per heavy atom. The van der Waals surface area contributed by atoms with Crippen molar-refractivity contribution in [3.05, 3.63) is 28.2 Å². The lowest BCUT2D eigenvalue weighted by atomic mass is 10.1. The molecule has 0 saturated heterocycles. The number of nitrogens with zero attached hydrogens (tertiary/aromatic N) is 1. The van der Waals surface area contributed by atoms with Crippen molar-refractivity contribution in [2.45, 2.75) is 13.8 Å². The van der Waals surface area contributed by atoms with Crippen LogP contribution in [0.5, 0.6) is 0 Å². The second-order valence-electron chi connectivity index (χ2n) is 3.55. The molecular weight excluding hydrogens is 240 g/mol. The summed E-state index contributed by atoms with van der Waals surface area (Å²) in [6, 6.07) is 7.90. The summed E-state index contributed by atoms with van der Waals surface area (Å²) in [7, 11) is 0. The van der Waals surface area contributed by atoms with Crippen molar-refractivity contribution < 1.29 is 0 Å². The summed E-state index contributed by atoms with van der Waals surface area (Å²) in [5.74, 6) is 0.570. The van der Waals surface area contributed by atoms with Crippen molar-refractivity contribution in [3.63, 3.8) is 0 Å². The molecule has 14 heavy (non-hydrogen) atoms. The summed E-state index contributed by atoms with van der Waals surface area (Å²) in [6.07, 6.45) is 0. The van der Waals surface area contributed by atoms with Gasteiger partial charge in [0.15, 0.2) is 0 Å². The number of anilines is 1. The van der Waals surface area contributed by atoms with Crippen LogP contribution >= 0.6 is 15.9 Å².